The van der Waals surface area contributed by atoms with Crippen molar-refractivity contribution < 1.29 is 4.42 Å². The van der Waals surface area contributed by atoms with Crippen LogP contribution in [0.15, 0.2) is 71.5 Å². The summed E-state index contributed by atoms with van der Waals surface area (Å²) >= 11 is 0. The van der Waals surface area contributed by atoms with E-state index < -0.39 is 0 Å². The number of hydrogen-bond donors (Lipinski definition) is 0. The van der Waals surface area contributed by atoms with Crippen LogP contribution >= 0.6 is 0 Å². The number of nitrogens with zero attached hydrogens (tertiary/aromatic N) is 3. The molecule has 23 heavy (non-hydrogen) atoms. The lowest BCUT2D eigenvalue weighted by Crippen LogP contribution is -1.89. The van der Waals surface area contributed by atoms with E-state index in [1.165, 1.54) is 0 Å². The molecule has 4 heteroatoms. The zero-order chi connectivity index (χ0) is 15.2. The Morgan fingerprint density at radius 3 is 2.57 bits per heavy atom. The maximum absolute atomic E-state index is 6.02. The Morgan fingerprint density at radius 2 is 1.57 bits per heavy atom. The van der Waals surface area contributed by atoms with Crippen molar-refractivity contribution in [1.29, 1.82) is 0 Å². The number of furan rings is 1. The molecule has 2 aromatic carbocycles. The van der Waals surface area contributed by atoms with Crippen LogP contribution in [0.5, 0.6) is 0 Å². The SMILES string of the molecule is c1ccc2c(-c3cccc4c3oc3ncccc34)ncnc2c1. The van der Waals surface area contributed by atoms with E-state index in [2.05, 4.69) is 21.0 Å². The number of hydrogen-bond acceptors (Lipinski definition) is 4. The van der Waals surface area contributed by atoms with Gasteiger partial charge in [-0.05, 0) is 24.3 Å². The average Bonchev–Trinajstić information content (AvgIpc) is 3.00. The number of rotatable bonds is 1. The highest BCUT2D eigenvalue weighted by atomic mass is 16.3. The molecule has 0 saturated carbocycles. The molecule has 0 fully saturated rings. The van der Waals surface area contributed by atoms with Crippen molar-refractivity contribution in [2.75, 3.05) is 0 Å². The van der Waals surface area contributed by atoms with E-state index in [4.69, 9.17) is 4.42 Å². The zero-order valence-electron chi connectivity index (χ0n) is 12.1. The first-order valence-electron chi connectivity index (χ1n) is 7.38. The van der Waals surface area contributed by atoms with Crippen LogP contribution in [0.1, 0.15) is 0 Å². The number of fused-ring (bicyclic) bond motifs is 4. The second-order valence-corrected chi connectivity index (χ2v) is 5.38. The maximum Gasteiger partial charge on any atom is 0.227 e. The standard InChI is InChI=1S/C19H11N3O/c1-2-9-16-14(5-1)17(22-11-21-16)15-7-3-6-12-13-8-4-10-20-19(13)23-18(12)15/h1-11H. The minimum absolute atomic E-state index is 0.647. The van der Waals surface area contributed by atoms with Crippen molar-refractivity contribution in [2.45, 2.75) is 0 Å². The number of pyridine rings is 1. The second kappa shape index (κ2) is 4.61. The highest BCUT2D eigenvalue weighted by molar-refractivity contribution is 6.10. The zero-order valence-corrected chi connectivity index (χ0v) is 12.1. The van der Waals surface area contributed by atoms with Gasteiger partial charge in [-0.15, -0.1) is 0 Å². The molecule has 5 rings (SSSR count). The normalized spacial score (nSPS) is 11.5. The molecule has 0 amide bonds. The molecule has 3 heterocycles. The van der Waals surface area contributed by atoms with Crippen LogP contribution in [0.3, 0.4) is 0 Å². The topological polar surface area (TPSA) is 51.8 Å². The summed E-state index contributed by atoms with van der Waals surface area (Å²) in [6.45, 7) is 0. The van der Waals surface area contributed by atoms with Gasteiger partial charge in [0.2, 0.25) is 5.71 Å². The van der Waals surface area contributed by atoms with Crippen molar-refractivity contribution in [2.24, 2.45) is 0 Å². The third kappa shape index (κ3) is 1.75. The molecule has 3 aromatic heterocycles. The highest BCUT2D eigenvalue weighted by Gasteiger charge is 2.15. The maximum atomic E-state index is 6.02. The number of benzene rings is 2. The lowest BCUT2D eigenvalue weighted by Gasteiger charge is -2.05. The minimum Gasteiger partial charge on any atom is -0.437 e. The first kappa shape index (κ1) is 12.3. The molecule has 0 unspecified atom stereocenters. The molecule has 0 spiro atoms. The Morgan fingerprint density at radius 1 is 0.696 bits per heavy atom. The van der Waals surface area contributed by atoms with E-state index in [9.17, 15) is 0 Å². The van der Waals surface area contributed by atoms with Crippen LogP contribution in [-0.4, -0.2) is 15.0 Å². The van der Waals surface area contributed by atoms with Gasteiger partial charge in [-0.1, -0.05) is 30.3 Å². The molecular weight excluding hydrogens is 286 g/mol. The van der Waals surface area contributed by atoms with Gasteiger partial charge in [0, 0.05) is 27.9 Å². The van der Waals surface area contributed by atoms with Crippen LogP contribution in [0.4, 0.5) is 0 Å². The lowest BCUT2D eigenvalue weighted by molar-refractivity contribution is 0.655. The van der Waals surface area contributed by atoms with Crippen molar-refractivity contribution in [3.8, 4) is 11.3 Å². The summed E-state index contributed by atoms with van der Waals surface area (Å²) in [7, 11) is 0. The molecule has 0 atom stereocenters. The van der Waals surface area contributed by atoms with E-state index in [1.54, 1.807) is 12.5 Å². The first-order chi connectivity index (χ1) is 11.4. The quantitative estimate of drug-likeness (QED) is 0.454. The summed E-state index contributed by atoms with van der Waals surface area (Å²) in [5.74, 6) is 0. The monoisotopic (exact) mass is 297 g/mol. The molecule has 0 aliphatic rings. The lowest BCUT2D eigenvalue weighted by atomic mass is 10.0. The summed E-state index contributed by atoms with van der Waals surface area (Å²) in [5, 5.41) is 3.08. The van der Waals surface area contributed by atoms with Crippen molar-refractivity contribution in [1.82, 2.24) is 15.0 Å². The first-order valence-corrected chi connectivity index (χ1v) is 7.38. The highest BCUT2D eigenvalue weighted by Crippen LogP contribution is 2.36. The Bertz CT molecular complexity index is 1170. The molecule has 4 nitrogen and oxygen atoms in total. The summed E-state index contributed by atoms with van der Waals surface area (Å²) in [6, 6.07) is 18.0. The van der Waals surface area contributed by atoms with E-state index in [1.807, 2.05) is 48.5 Å². The van der Waals surface area contributed by atoms with Crippen LogP contribution < -0.4 is 0 Å². The van der Waals surface area contributed by atoms with E-state index in [-0.39, 0.29) is 0 Å². The van der Waals surface area contributed by atoms with Crippen LogP contribution in [0, 0.1) is 0 Å². The van der Waals surface area contributed by atoms with Gasteiger partial charge in [-0.25, -0.2) is 15.0 Å². The van der Waals surface area contributed by atoms with Crippen molar-refractivity contribution >= 4 is 33.0 Å². The fourth-order valence-electron chi connectivity index (χ4n) is 3.04. The van der Waals surface area contributed by atoms with Gasteiger partial charge in [-0.2, -0.15) is 0 Å². The molecule has 0 saturated heterocycles. The van der Waals surface area contributed by atoms with E-state index in [0.717, 1.165) is 38.5 Å². The molecule has 0 aliphatic carbocycles. The second-order valence-electron chi connectivity index (χ2n) is 5.38. The Labute approximate surface area is 131 Å². The average molecular weight is 297 g/mol. The number of para-hydroxylation sites is 2. The summed E-state index contributed by atoms with van der Waals surface area (Å²) < 4.78 is 6.02. The van der Waals surface area contributed by atoms with Gasteiger partial charge in [0.1, 0.15) is 11.9 Å². The van der Waals surface area contributed by atoms with Gasteiger partial charge < -0.3 is 4.42 Å². The Kier molecular flexibility index (Phi) is 2.46. The van der Waals surface area contributed by atoms with Crippen molar-refractivity contribution in [3.05, 3.63) is 67.1 Å². The Hall–Kier alpha value is -3.27. The van der Waals surface area contributed by atoms with Crippen molar-refractivity contribution in [3.63, 3.8) is 0 Å². The third-order valence-electron chi connectivity index (χ3n) is 4.07. The molecule has 5 aromatic rings. The molecule has 0 radical (unpaired) electrons. The Balaban J connectivity index is 1.93. The van der Waals surface area contributed by atoms with Crippen LogP contribution in [0.2, 0.25) is 0 Å². The molecular formula is C19H11N3O. The van der Waals surface area contributed by atoms with Gasteiger partial charge in [-0.3, -0.25) is 0 Å². The van der Waals surface area contributed by atoms with Crippen LogP contribution in [0.25, 0.3) is 44.2 Å². The molecule has 0 bridgehead atoms. The van der Waals surface area contributed by atoms with Crippen LogP contribution in [-0.2, 0) is 0 Å². The largest absolute Gasteiger partial charge is 0.437 e. The van der Waals surface area contributed by atoms with E-state index >= 15 is 0 Å². The van der Waals surface area contributed by atoms with Gasteiger partial charge in [0.15, 0.2) is 0 Å². The summed E-state index contributed by atoms with van der Waals surface area (Å²) in [4.78, 5) is 13.2. The molecule has 108 valence electrons. The smallest absolute Gasteiger partial charge is 0.227 e. The fraction of sp³-hybridized carbons (Fsp3) is 0. The molecule has 0 aliphatic heterocycles. The number of aromatic nitrogens is 3. The minimum atomic E-state index is 0.647. The van der Waals surface area contributed by atoms with Gasteiger partial charge >= 0.3 is 0 Å². The van der Waals surface area contributed by atoms with Gasteiger partial charge in [0.25, 0.3) is 0 Å². The molecule has 0 N–H and O–H groups in total. The fourth-order valence-corrected chi connectivity index (χ4v) is 3.04. The summed E-state index contributed by atoms with van der Waals surface area (Å²) in [6.07, 6.45) is 3.34. The predicted octanol–water partition coefficient (Wildman–Crippen LogP) is 4.59. The third-order valence-corrected chi connectivity index (χ3v) is 4.07. The predicted molar refractivity (Wildman–Crippen MR) is 90.0 cm³/mol. The summed E-state index contributed by atoms with van der Waals surface area (Å²) in [5.41, 5.74) is 4.21. The van der Waals surface area contributed by atoms with Gasteiger partial charge in [0.05, 0.1) is 11.2 Å². The van der Waals surface area contributed by atoms with E-state index in [0.29, 0.717) is 5.71 Å².